The minimum atomic E-state index is 0.207. The van der Waals surface area contributed by atoms with E-state index in [9.17, 15) is 0 Å². The number of likely N-dealkylation sites (N-methyl/N-ethyl adjacent to an activating group) is 1. The van der Waals surface area contributed by atoms with E-state index in [1.54, 1.807) is 14.2 Å². The molecule has 4 heteroatoms. The fourth-order valence-electron chi connectivity index (χ4n) is 2.34. The summed E-state index contributed by atoms with van der Waals surface area (Å²) in [5, 5.41) is 0. The zero-order valence-corrected chi connectivity index (χ0v) is 11.3. The van der Waals surface area contributed by atoms with Crippen molar-refractivity contribution in [3.8, 4) is 11.5 Å². The average molecular weight is 250 g/mol. The van der Waals surface area contributed by atoms with Crippen molar-refractivity contribution in [1.29, 1.82) is 0 Å². The predicted molar refractivity (Wildman–Crippen MR) is 72.1 cm³/mol. The summed E-state index contributed by atoms with van der Waals surface area (Å²) in [6, 6.07) is 6.80. The molecule has 0 radical (unpaired) electrons. The summed E-state index contributed by atoms with van der Waals surface area (Å²) in [4.78, 5) is 2.35. The molecule has 0 spiro atoms. The maximum atomic E-state index is 5.94. The Bertz CT molecular complexity index is 405. The van der Waals surface area contributed by atoms with Gasteiger partial charge in [-0.15, -0.1) is 0 Å². The third kappa shape index (κ3) is 2.60. The van der Waals surface area contributed by atoms with Gasteiger partial charge in [-0.2, -0.15) is 0 Å². The summed E-state index contributed by atoms with van der Waals surface area (Å²) >= 11 is 0. The Kier molecular flexibility index (Phi) is 4.09. The van der Waals surface area contributed by atoms with Crippen LogP contribution in [0.5, 0.6) is 11.5 Å². The number of hydrogen-bond acceptors (Lipinski definition) is 4. The van der Waals surface area contributed by atoms with Crippen LogP contribution in [0.4, 0.5) is 0 Å². The molecule has 1 fully saturated rings. The summed E-state index contributed by atoms with van der Waals surface area (Å²) in [6.45, 7) is 0.593. The molecule has 1 atom stereocenters. The number of hydrogen-bond donors (Lipinski definition) is 1. The molecule has 0 bridgehead atoms. The number of nitrogens with two attached hydrogens (primary N) is 1. The van der Waals surface area contributed by atoms with Gasteiger partial charge in [-0.05, 0) is 26.0 Å². The Balaban J connectivity index is 2.28. The van der Waals surface area contributed by atoms with E-state index < -0.39 is 0 Å². The number of benzene rings is 1. The fraction of sp³-hybridized carbons (Fsp3) is 0.571. The Hall–Kier alpha value is -1.26. The maximum absolute atomic E-state index is 5.94. The van der Waals surface area contributed by atoms with Crippen LogP contribution in [-0.2, 0) is 0 Å². The SMILES string of the molecule is COc1ccc(C(CN)N(C)C2CC2)c(OC)c1. The van der Waals surface area contributed by atoms with E-state index in [1.807, 2.05) is 18.2 Å². The molecule has 1 aliphatic carbocycles. The molecule has 0 amide bonds. The van der Waals surface area contributed by atoms with E-state index in [-0.39, 0.29) is 6.04 Å². The highest BCUT2D eigenvalue weighted by Crippen LogP contribution is 2.37. The molecule has 1 unspecified atom stereocenters. The Labute approximate surface area is 109 Å². The van der Waals surface area contributed by atoms with Gasteiger partial charge in [0.05, 0.1) is 20.3 Å². The lowest BCUT2D eigenvalue weighted by Crippen LogP contribution is -2.32. The average Bonchev–Trinajstić information content (AvgIpc) is 3.24. The standard InChI is InChI=1S/C14H22N2O2/c1-16(10-4-5-10)13(9-15)12-7-6-11(17-2)8-14(12)18-3/h6-8,10,13H,4-5,9,15H2,1-3H3. The first-order valence-corrected chi connectivity index (χ1v) is 6.35. The molecule has 18 heavy (non-hydrogen) atoms. The second kappa shape index (κ2) is 5.59. The number of nitrogens with zero attached hydrogens (tertiary/aromatic N) is 1. The van der Waals surface area contributed by atoms with Gasteiger partial charge in [0.2, 0.25) is 0 Å². The van der Waals surface area contributed by atoms with Crippen molar-refractivity contribution in [3.63, 3.8) is 0 Å². The minimum Gasteiger partial charge on any atom is -0.497 e. The quantitative estimate of drug-likeness (QED) is 0.836. The van der Waals surface area contributed by atoms with Gasteiger partial charge >= 0.3 is 0 Å². The summed E-state index contributed by atoms with van der Waals surface area (Å²) in [5.41, 5.74) is 7.07. The van der Waals surface area contributed by atoms with Crippen molar-refractivity contribution in [2.24, 2.45) is 5.73 Å². The largest absolute Gasteiger partial charge is 0.497 e. The Morgan fingerprint density at radius 1 is 1.33 bits per heavy atom. The molecule has 4 nitrogen and oxygen atoms in total. The summed E-state index contributed by atoms with van der Waals surface area (Å²) in [5.74, 6) is 1.65. The van der Waals surface area contributed by atoms with Crippen molar-refractivity contribution in [2.45, 2.75) is 24.9 Å². The molecule has 1 aromatic carbocycles. The molecular weight excluding hydrogens is 228 g/mol. The summed E-state index contributed by atoms with van der Waals surface area (Å²) in [6.07, 6.45) is 2.54. The Morgan fingerprint density at radius 2 is 2.06 bits per heavy atom. The molecule has 0 heterocycles. The smallest absolute Gasteiger partial charge is 0.127 e. The van der Waals surface area contributed by atoms with Gasteiger partial charge in [0.1, 0.15) is 11.5 Å². The third-order valence-corrected chi connectivity index (χ3v) is 3.64. The number of ether oxygens (including phenoxy) is 2. The van der Waals surface area contributed by atoms with Crippen LogP contribution in [-0.4, -0.2) is 38.8 Å². The minimum absolute atomic E-state index is 0.207. The highest BCUT2D eigenvalue weighted by Gasteiger charge is 2.32. The third-order valence-electron chi connectivity index (χ3n) is 3.64. The van der Waals surface area contributed by atoms with Crippen LogP contribution in [0.25, 0.3) is 0 Å². The van der Waals surface area contributed by atoms with Crippen LogP contribution in [0, 0.1) is 0 Å². The van der Waals surface area contributed by atoms with E-state index in [4.69, 9.17) is 15.2 Å². The van der Waals surface area contributed by atoms with Gasteiger partial charge in [0.25, 0.3) is 0 Å². The molecule has 0 aromatic heterocycles. The van der Waals surface area contributed by atoms with Crippen molar-refractivity contribution >= 4 is 0 Å². The second-order valence-corrected chi connectivity index (χ2v) is 4.76. The lowest BCUT2D eigenvalue weighted by Gasteiger charge is -2.28. The molecule has 1 aliphatic rings. The molecule has 2 rings (SSSR count). The monoisotopic (exact) mass is 250 g/mol. The molecular formula is C14H22N2O2. The summed E-state index contributed by atoms with van der Waals surface area (Å²) < 4.78 is 10.7. The lowest BCUT2D eigenvalue weighted by atomic mass is 10.0. The highest BCUT2D eigenvalue weighted by atomic mass is 16.5. The lowest BCUT2D eigenvalue weighted by molar-refractivity contribution is 0.234. The van der Waals surface area contributed by atoms with Crippen LogP contribution < -0.4 is 15.2 Å². The maximum Gasteiger partial charge on any atom is 0.127 e. The van der Waals surface area contributed by atoms with Gasteiger partial charge in [0.15, 0.2) is 0 Å². The molecule has 2 N–H and O–H groups in total. The predicted octanol–water partition coefficient (Wildman–Crippen LogP) is 1.80. The number of methoxy groups -OCH3 is 2. The topological polar surface area (TPSA) is 47.7 Å². The van der Waals surface area contributed by atoms with Crippen LogP contribution >= 0.6 is 0 Å². The zero-order chi connectivity index (χ0) is 13.1. The first-order valence-electron chi connectivity index (χ1n) is 6.35. The first kappa shape index (κ1) is 13.2. The van der Waals surface area contributed by atoms with Gasteiger partial charge in [-0.3, -0.25) is 4.90 Å². The van der Waals surface area contributed by atoms with Crippen molar-refractivity contribution in [2.75, 3.05) is 27.8 Å². The molecule has 0 saturated heterocycles. The van der Waals surface area contributed by atoms with E-state index >= 15 is 0 Å². The zero-order valence-electron chi connectivity index (χ0n) is 11.3. The van der Waals surface area contributed by atoms with E-state index in [0.29, 0.717) is 12.6 Å². The van der Waals surface area contributed by atoms with Gasteiger partial charge < -0.3 is 15.2 Å². The van der Waals surface area contributed by atoms with Crippen molar-refractivity contribution in [3.05, 3.63) is 23.8 Å². The van der Waals surface area contributed by atoms with Crippen LogP contribution in [0.3, 0.4) is 0 Å². The van der Waals surface area contributed by atoms with E-state index in [2.05, 4.69) is 11.9 Å². The molecule has 0 aliphatic heterocycles. The first-order chi connectivity index (χ1) is 8.71. The number of rotatable bonds is 6. The van der Waals surface area contributed by atoms with E-state index in [1.165, 1.54) is 12.8 Å². The van der Waals surface area contributed by atoms with Crippen LogP contribution in [0.1, 0.15) is 24.4 Å². The van der Waals surface area contributed by atoms with Crippen molar-refractivity contribution in [1.82, 2.24) is 4.90 Å². The van der Waals surface area contributed by atoms with Crippen LogP contribution in [0.15, 0.2) is 18.2 Å². The van der Waals surface area contributed by atoms with Crippen molar-refractivity contribution < 1.29 is 9.47 Å². The highest BCUT2D eigenvalue weighted by molar-refractivity contribution is 5.42. The normalized spacial score (nSPS) is 16.7. The Morgan fingerprint density at radius 3 is 2.56 bits per heavy atom. The summed E-state index contributed by atoms with van der Waals surface area (Å²) in [7, 11) is 5.48. The van der Waals surface area contributed by atoms with Gasteiger partial charge in [-0.25, -0.2) is 0 Å². The molecule has 1 saturated carbocycles. The fourth-order valence-corrected chi connectivity index (χ4v) is 2.34. The molecule has 1 aromatic rings. The molecule has 100 valence electrons. The van der Waals surface area contributed by atoms with Gasteiger partial charge in [-0.1, -0.05) is 6.07 Å². The second-order valence-electron chi connectivity index (χ2n) is 4.76. The van der Waals surface area contributed by atoms with E-state index in [0.717, 1.165) is 17.1 Å². The van der Waals surface area contributed by atoms with Gasteiger partial charge in [0, 0.05) is 24.2 Å². The van der Waals surface area contributed by atoms with Crippen LogP contribution in [0.2, 0.25) is 0 Å².